The minimum Gasteiger partial charge on any atom is -0.478 e. The summed E-state index contributed by atoms with van der Waals surface area (Å²) in [5.41, 5.74) is 1.09. The summed E-state index contributed by atoms with van der Waals surface area (Å²) in [6.45, 7) is 4.05. The van der Waals surface area contributed by atoms with Gasteiger partial charge in [0, 0.05) is 25.5 Å². The topological polar surface area (TPSA) is 53.4 Å². The highest BCUT2D eigenvalue weighted by Crippen LogP contribution is 2.26. The molecule has 0 aliphatic carbocycles. The van der Waals surface area contributed by atoms with Gasteiger partial charge >= 0.3 is 5.97 Å². The van der Waals surface area contributed by atoms with Crippen molar-refractivity contribution in [2.45, 2.75) is 13.3 Å². The molecule has 0 saturated carbocycles. The number of hydrogen-bond donors (Lipinski definition) is 1. The van der Waals surface area contributed by atoms with Crippen molar-refractivity contribution in [1.29, 1.82) is 0 Å². The Hall–Kier alpha value is -1.58. The number of carboxylic acids is 1. The van der Waals surface area contributed by atoms with Crippen molar-refractivity contribution in [2.75, 3.05) is 18.0 Å². The lowest BCUT2D eigenvalue weighted by molar-refractivity contribution is 0.0697. The van der Waals surface area contributed by atoms with Crippen LogP contribution in [-0.2, 0) is 0 Å². The van der Waals surface area contributed by atoms with Crippen LogP contribution in [0.2, 0.25) is 0 Å². The van der Waals surface area contributed by atoms with Gasteiger partial charge in [0.2, 0.25) is 0 Å². The highest BCUT2D eigenvalue weighted by Gasteiger charge is 2.22. The lowest BCUT2D eigenvalue weighted by atomic mass is 10.2. The third kappa shape index (κ3) is 1.93. The van der Waals surface area contributed by atoms with E-state index in [0.29, 0.717) is 11.5 Å². The number of aromatic nitrogens is 1. The molecule has 0 spiro atoms. The molecule has 1 aliphatic heterocycles. The fourth-order valence-corrected chi connectivity index (χ4v) is 1.98. The quantitative estimate of drug-likeness (QED) is 0.799. The first-order chi connectivity index (χ1) is 7.18. The second-order valence-corrected chi connectivity index (χ2v) is 4.04. The molecule has 1 saturated heterocycles. The standard InChI is InChI=1S/C11H14N2O2/c1-8-3-5-13(7-8)10-2-4-12-6-9(10)11(14)15/h2,4,6,8H,3,5,7H2,1H3,(H,14,15)/t8-/m1/s1. The molecule has 0 radical (unpaired) electrons. The van der Waals surface area contributed by atoms with E-state index in [1.165, 1.54) is 6.20 Å². The Morgan fingerprint density at radius 2 is 2.47 bits per heavy atom. The Morgan fingerprint density at radius 1 is 1.67 bits per heavy atom. The van der Waals surface area contributed by atoms with Crippen LogP contribution in [0.4, 0.5) is 5.69 Å². The van der Waals surface area contributed by atoms with E-state index in [-0.39, 0.29) is 0 Å². The van der Waals surface area contributed by atoms with Crippen LogP contribution < -0.4 is 4.90 Å². The summed E-state index contributed by atoms with van der Waals surface area (Å²) in [6.07, 6.45) is 4.19. The maximum atomic E-state index is 11.0. The predicted octanol–water partition coefficient (Wildman–Crippen LogP) is 1.63. The molecule has 2 rings (SSSR count). The summed E-state index contributed by atoms with van der Waals surface area (Å²) in [7, 11) is 0. The molecular formula is C11H14N2O2. The van der Waals surface area contributed by atoms with Crippen LogP contribution in [0.15, 0.2) is 18.5 Å². The fraction of sp³-hybridized carbons (Fsp3) is 0.455. The molecule has 1 aromatic heterocycles. The van der Waals surface area contributed by atoms with Crippen LogP contribution in [0.5, 0.6) is 0 Å². The van der Waals surface area contributed by atoms with Gasteiger partial charge in [-0.2, -0.15) is 0 Å². The summed E-state index contributed by atoms with van der Waals surface area (Å²) >= 11 is 0. The molecule has 0 unspecified atom stereocenters. The normalized spacial score (nSPS) is 20.6. The maximum Gasteiger partial charge on any atom is 0.339 e. The average molecular weight is 206 g/mol. The number of pyridine rings is 1. The van der Waals surface area contributed by atoms with E-state index in [1.807, 2.05) is 0 Å². The minimum atomic E-state index is -0.905. The van der Waals surface area contributed by atoms with Crippen molar-refractivity contribution in [2.24, 2.45) is 5.92 Å². The molecule has 1 aromatic rings. The monoisotopic (exact) mass is 206 g/mol. The van der Waals surface area contributed by atoms with Gasteiger partial charge in [-0.3, -0.25) is 4.98 Å². The van der Waals surface area contributed by atoms with Crippen LogP contribution in [0, 0.1) is 5.92 Å². The zero-order valence-corrected chi connectivity index (χ0v) is 8.68. The van der Waals surface area contributed by atoms with E-state index in [1.54, 1.807) is 12.3 Å². The molecule has 4 heteroatoms. The average Bonchev–Trinajstić information content (AvgIpc) is 2.65. The fourth-order valence-electron chi connectivity index (χ4n) is 1.98. The van der Waals surface area contributed by atoms with Crippen molar-refractivity contribution in [3.05, 3.63) is 24.0 Å². The summed E-state index contributed by atoms with van der Waals surface area (Å²) in [5, 5.41) is 9.03. The van der Waals surface area contributed by atoms with Crippen molar-refractivity contribution in [1.82, 2.24) is 4.98 Å². The molecule has 80 valence electrons. The molecule has 2 heterocycles. The van der Waals surface area contributed by atoms with Gasteiger partial charge in [0.25, 0.3) is 0 Å². The van der Waals surface area contributed by atoms with Crippen LogP contribution in [0.3, 0.4) is 0 Å². The van der Waals surface area contributed by atoms with Crippen LogP contribution in [0.25, 0.3) is 0 Å². The molecule has 4 nitrogen and oxygen atoms in total. The highest BCUT2D eigenvalue weighted by molar-refractivity contribution is 5.94. The SMILES string of the molecule is C[C@@H]1CCN(c2ccncc2C(=O)O)C1. The zero-order chi connectivity index (χ0) is 10.8. The number of nitrogens with zero attached hydrogens (tertiary/aromatic N) is 2. The van der Waals surface area contributed by atoms with Gasteiger partial charge in [-0.05, 0) is 18.4 Å². The highest BCUT2D eigenvalue weighted by atomic mass is 16.4. The van der Waals surface area contributed by atoms with Crippen molar-refractivity contribution in [3.8, 4) is 0 Å². The molecular weight excluding hydrogens is 192 g/mol. The van der Waals surface area contributed by atoms with E-state index < -0.39 is 5.97 Å². The lowest BCUT2D eigenvalue weighted by Gasteiger charge is -2.19. The number of anilines is 1. The Morgan fingerprint density at radius 3 is 3.07 bits per heavy atom. The number of carboxylic acid groups (broad SMARTS) is 1. The Bertz CT molecular complexity index is 379. The van der Waals surface area contributed by atoms with Crippen LogP contribution in [-0.4, -0.2) is 29.1 Å². The molecule has 1 atom stereocenters. The third-order valence-electron chi connectivity index (χ3n) is 2.79. The second-order valence-electron chi connectivity index (χ2n) is 4.04. The Kier molecular flexibility index (Phi) is 2.58. The maximum absolute atomic E-state index is 11.0. The van der Waals surface area contributed by atoms with Gasteiger partial charge in [0.15, 0.2) is 0 Å². The Balaban J connectivity index is 2.31. The van der Waals surface area contributed by atoms with Gasteiger partial charge in [0.1, 0.15) is 5.56 Å². The summed E-state index contributed by atoms with van der Waals surface area (Å²) < 4.78 is 0. The molecule has 15 heavy (non-hydrogen) atoms. The molecule has 1 fully saturated rings. The summed E-state index contributed by atoms with van der Waals surface area (Å²) in [6, 6.07) is 1.78. The molecule has 1 N–H and O–H groups in total. The smallest absolute Gasteiger partial charge is 0.339 e. The van der Waals surface area contributed by atoms with Crippen LogP contribution >= 0.6 is 0 Å². The minimum absolute atomic E-state index is 0.298. The van der Waals surface area contributed by atoms with E-state index in [0.717, 1.165) is 25.2 Å². The van der Waals surface area contributed by atoms with Crippen LogP contribution in [0.1, 0.15) is 23.7 Å². The largest absolute Gasteiger partial charge is 0.478 e. The van der Waals surface area contributed by atoms with Gasteiger partial charge in [-0.15, -0.1) is 0 Å². The van der Waals surface area contributed by atoms with Crippen molar-refractivity contribution < 1.29 is 9.90 Å². The number of carbonyl (C=O) groups is 1. The first kappa shape index (κ1) is 9.96. The van der Waals surface area contributed by atoms with Gasteiger partial charge in [0.05, 0.1) is 5.69 Å². The first-order valence-electron chi connectivity index (χ1n) is 5.10. The van der Waals surface area contributed by atoms with Crippen molar-refractivity contribution in [3.63, 3.8) is 0 Å². The van der Waals surface area contributed by atoms with E-state index in [4.69, 9.17) is 5.11 Å². The molecule has 0 amide bonds. The lowest BCUT2D eigenvalue weighted by Crippen LogP contribution is -2.21. The van der Waals surface area contributed by atoms with Gasteiger partial charge < -0.3 is 10.0 Å². The number of rotatable bonds is 2. The summed E-state index contributed by atoms with van der Waals surface area (Å²) in [5.74, 6) is -0.266. The molecule has 0 aromatic carbocycles. The van der Waals surface area contributed by atoms with Gasteiger partial charge in [-0.25, -0.2) is 4.79 Å². The first-order valence-corrected chi connectivity index (χ1v) is 5.10. The third-order valence-corrected chi connectivity index (χ3v) is 2.79. The number of aromatic carboxylic acids is 1. The van der Waals surface area contributed by atoms with E-state index in [2.05, 4.69) is 16.8 Å². The predicted molar refractivity (Wildman–Crippen MR) is 57.2 cm³/mol. The van der Waals surface area contributed by atoms with Gasteiger partial charge in [-0.1, -0.05) is 6.92 Å². The van der Waals surface area contributed by atoms with E-state index >= 15 is 0 Å². The number of hydrogen-bond acceptors (Lipinski definition) is 3. The van der Waals surface area contributed by atoms with Crippen molar-refractivity contribution >= 4 is 11.7 Å². The molecule has 1 aliphatic rings. The zero-order valence-electron chi connectivity index (χ0n) is 8.68. The molecule has 0 bridgehead atoms. The second kappa shape index (κ2) is 3.88. The summed E-state index contributed by atoms with van der Waals surface area (Å²) in [4.78, 5) is 17.0. The Labute approximate surface area is 88.6 Å². The van der Waals surface area contributed by atoms with E-state index in [9.17, 15) is 4.79 Å².